The van der Waals surface area contributed by atoms with Gasteiger partial charge in [-0.25, -0.2) is 4.68 Å². The molecule has 0 aliphatic rings. The molecule has 3 aromatic rings. The average molecular weight is 449 g/mol. The SMILES string of the molecule is CN=C(NCc1ccc(OCCCN(C)C)cc1)NCc1ccccc1-n1nc(C)cc1C. The molecule has 7 heteroatoms. The number of nitrogens with zero attached hydrogens (tertiary/aromatic N) is 4. The largest absolute Gasteiger partial charge is 0.494 e. The molecule has 0 radical (unpaired) electrons. The number of aliphatic imine (C=N–C) groups is 1. The van der Waals surface area contributed by atoms with Gasteiger partial charge >= 0.3 is 0 Å². The monoisotopic (exact) mass is 448 g/mol. The lowest BCUT2D eigenvalue weighted by Crippen LogP contribution is -2.36. The quantitative estimate of drug-likeness (QED) is 0.281. The molecule has 3 rings (SSSR count). The van der Waals surface area contributed by atoms with E-state index in [9.17, 15) is 0 Å². The van der Waals surface area contributed by atoms with Gasteiger partial charge in [0.15, 0.2) is 5.96 Å². The van der Waals surface area contributed by atoms with Crippen LogP contribution in [0.1, 0.15) is 28.9 Å². The van der Waals surface area contributed by atoms with Crippen LogP contribution in [0.25, 0.3) is 5.69 Å². The van der Waals surface area contributed by atoms with Gasteiger partial charge in [0.05, 0.1) is 18.0 Å². The second kappa shape index (κ2) is 12.1. The Bertz CT molecular complexity index is 1040. The van der Waals surface area contributed by atoms with Gasteiger partial charge in [0.2, 0.25) is 0 Å². The molecule has 0 unspecified atom stereocenters. The van der Waals surface area contributed by atoms with E-state index in [2.05, 4.69) is 77.0 Å². The third-order valence-corrected chi connectivity index (χ3v) is 5.30. The molecule has 7 nitrogen and oxygen atoms in total. The minimum absolute atomic E-state index is 0.647. The lowest BCUT2D eigenvalue weighted by Gasteiger charge is -2.15. The molecule has 0 bridgehead atoms. The van der Waals surface area contributed by atoms with Crippen LogP contribution in [0, 0.1) is 13.8 Å². The van der Waals surface area contributed by atoms with E-state index in [0.29, 0.717) is 13.1 Å². The van der Waals surface area contributed by atoms with Crippen LogP contribution in [-0.2, 0) is 13.1 Å². The fourth-order valence-electron chi connectivity index (χ4n) is 3.60. The van der Waals surface area contributed by atoms with Crippen molar-refractivity contribution in [2.45, 2.75) is 33.4 Å². The molecule has 176 valence electrons. The Balaban J connectivity index is 1.51. The highest BCUT2D eigenvalue weighted by atomic mass is 16.5. The molecule has 1 aromatic heterocycles. The molecular formula is C26H36N6O. The van der Waals surface area contributed by atoms with Gasteiger partial charge in [-0.1, -0.05) is 30.3 Å². The number of ether oxygens (including phenoxy) is 1. The van der Waals surface area contributed by atoms with Crippen LogP contribution in [0.15, 0.2) is 59.6 Å². The molecule has 0 atom stereocenters. The van der Waals surface area contributed by atoms with E-state index < -0.39 is 0 Å². The molecule has 0 aliphatic carbocycles. The zero-order valence-electron chi connectivity index (χ0n) is 20.4. The average Bonchev–Trinajstić information content (AvgIpc) is 3.15. The minimum atomic E-state index is 0.647. The zero-order chi connectivity index (χ0) is 23.6. The van der Waals surface area contributed by atoms with Crippen molar-refractivity contribution in [2.75, 3.05) is 34.3 Å². The summed E-state index contributed by atoms with van der Waals surface area (Å²) in [5.41, 5.74) is 5.53. The predicted molar refractivity (Wildman–Crippen MR) is 135 cm³/mol. The van der Waals surface area contributed by atoms with Gasteiger partial charge in [0.1, 0.15) is 5.75 Å². The smallest absolute Gasteiger partial charge is 0.191 e. The maximum atomic E-state index is 5.81. The second-order valence-electron chi connectivity index (χ2n) is 8.40. The van der Waals surface area contributed by atoms with Crippen molar-refractivity contribution in [3.05, 3.63) is 77.1 Å². The highest BCUT2D eigenvalue weighted by Gasteiger charge is 2.09. The number of hydrogen-bond donors (Lipinski definition) is 2. The summed E-state index contributed by atoms with van der Waals surface area (Å²) < 4.78 is 7.81. The van der Waals surface area contributed by atoms with Crippen molar-refractivity contribution in [1.82, 2.24) is 25.3 Å². The van der Waals surface area contributed by atoms with Crippen molar-refractivity contribution in [3.63, 3.8) is 0 Å². The van der Waals surface area contributed by atoms with Gasteiger partial charge in [-0.2, -0.15) is 5.10 Å². The molecule has 0 fully saturated rings. The molecule has 2 aromatic carbocycles. The van der Waals surface area contributed by atoms with E-state index >= 15 is 0 Å². The molecule has 1 heterocycles. The fourth-order valence-corrected chi connectivity index (χ4v) is 3.60. The number of aromatic nitrogens is 2. The third-order valence-electron chi connectivity index (χ3n) is 5.30. The summed E-state index contributed by atoms with van der Waals surface area (Å²) in [6.07, 6.45) is 1.01. The van der Waals surface area contributed by atoms with Gasteiger partial charge in [0, 0.05) is 32.4 Å². The standard InChI is InChI=1S/C26H36N6O/c1-20-17-21(2)32(30-20)25-10-7-6-9-23(25)19-29-26(27-3)28-18-22-11-13-24(14-12-22)33-16-8-15-31(4)5/h6-7,9-14,17H,8,15-16,18-19H2,1-5H3,(H2,27,28,29). The van der Waals surface area contributed by atoms with E-state index in [1.165, 1.54) is 5.56 Å². The first-order valence-corrected chi connectivity index (χ1v) is 11.4. The van der Waals surface area contributed by atoms with E-state index in [1.807, 2.05) is 35.9 Å². The summed E-state index contributed by atoms with van der Waals surface area (Å²) >= 11 is 0. The molecule has 0 spiro atoms. The van der Waals surface area contributed by atoms with Crippen molar-refractivity contribution in [2.24, 2.45) is 4.99 Å². The number of nitrogens with one attached hydrogen (secondary N) is 2. The van der Waals surface area contributed by atoms with Crippen molar-refractivity contribution < 1.29 is 4.74 Å². The first-order valence-electron chi connectivity index (χ1n) is 11.4. The van der Waals surface area contributed by atoms with Crippen LogP contribution in [0.2, 0.25) is 0 Å². The maximum absolute atomic E-state index is 5.81. The summed E-state index contributed by atoms with van der Waals surface area (Å²) in [5, 5.41) is 11.4. The minimum Gasteiger partial charge on any atom is -0.494 e. The highest BCUT2D eigenvalue weighted by molar-refractivity contribution is 5.79. The summed E-state index contributed by atoms with van der Waals surface area (Å²) in [4.78, 5) is 6.53. The summed E-state index contributed by atoms with van der Waals surface area (Å²) in [7, 11) is 5.93. The Hall–Kier alpha value is -3.32. The number of para-hydroxylation sites is 1. The number of hydrogen-bond acceptors (Lipinski definition) is 4. The van der Waals surface area contributed by atoms with Crippen LogP contribution in [0.3, 0.4) is 0 Å². The fraction of sp³-hybridized carbons (Fsp3) is 0.385. The van der Waals surface area contributed by atoms with E-state index in [-0.39, 0.29) is 0 Å². The molecule has 0 amide bonds. The van der Waals surface area contributed by atoms with Crippen LogP contribution < -0.4 is 15.4 Å². The van der Waals surface area contributed by atoms with Crippen LogP contribution in [0.4, 0.5) is 0 Å². The molecule has 2 N–H and O–H groups in total. The summed E-state index contributed by atoms with van der Waals surface area (Å²) in [6.45, 7) is 7.17. The predicted octanol–water partition coefficient (Wildman–Crippen LogP) is 3.68. The van der Waals surface area contributed by atoms with Gasteiger partial charge in [-0.15, -0.1) is 0 Å². The Morgan fingerprint density at radius 1 is 1.03 bits per heavy atom. The van der Waals surface area contributed by atoms with Gasteiger partial charge < -0.3 is 20.3 Å². The van der Waals surface area contributed by atoms with Gasteiger partial charge in [0.25, 0.3) is 0 Å². The van der Waals surface area contributed by atoms with Crippen LogP contribution >= 0.6 is 0 Å². The van der Waals surface area contributed by atoms with Crippen LogP contribution in [0.5, 0.6) is 5.75 Å². The normalized spacial score (nSPS) is 11.6. The Morgan fingerprint density at radius 2 is 1.76 bits per heavy atom. The zero-order valence-corrected chi connectivity index (χ0v) is 20.4. The number of guanidine groups is 1. The topological polar surface area (TPSA) is 66.7 Å². The first-order chi connectivity index (χ1) is 16.0. The maximum Gasteiger partial charge on any atom is 0.191 e. The molecule has 0 saturated carbocycles. The van der Waals surface area contributed by atoms with Crippen molar-refractivity contribution >= 4 is 5.96 Å². The van der Waals surface area contributed by atoms with Crippen LogP contribution in [-0.4, -0.2) is 54.9 Å². The van der Waals surface area contributed by atoms with E-state index in [4.69, 9.17) is 4.74 Å². The lowest BCUT2D eigenvalue weighted by molar-refractivity contribution is 0.281. The first kappa shape index (κ1) is 24.3. The van der Waals surface area contributed by atoms with E-state index in [0.717, 1.165) is 53.9 Å². The Labute approximate surface area is 197 Å². The second-order valence-corrected chi connectivity index (χ2v) is 8.40. The molecular weight excluding hydrogens is 412 g/mol. The summed E-state index contributed by atoms with van der Waals surface area (Å²) in [5.74, 6) is 1.66. The number of aryl methyl sites for hydroxylation is 2. The third kappa shape index (κ3) is 7.36. The molecule has 33 heavy (non-hydrogen) atoms. The van der Waals surface area contributed by atoms with E-state index in [1.54, 1.807) is 7.05 Å². The van der Waals surface area contributed by atoms with Crippen molar-refractivity contribution in [1.29, 1.82) is 0 Å². The molecule has 0 aliphatic heterocycles. The lowest BCUT2D eigenvalue weighted by atomic mass is 10.1. The Morgan fingerprint density at radius 3 is 2.42 bits per heavy atom. The number of rotatable bonds is 10. The highest BCUT2D eigenvalue weighted by Crippen LogP contribution is 2.17. The van der Waals surface area contributed by atoms with Gasteiger partial charge in [-0.05, 0) is 69.8 Å². The van der Waals surface area contributed by atoms with Gasteiger partial charge in [-0.3, -0.25) is 4.99 Å². The number of benzene rings is 2. The van der Waals surface area contributed by atoms with Crippen molar-refractivity contribution in [3.8, 4) is 11.4 Å². The summed E-state index contributed by atoms with van der Waals surface area (Å²) in [6, 6.07) is 18.6. The Kier molecular flexibility index (Phi) is 8.89. The molecule has 0 saturated heterocycles.